The molecule has 1 fully saturated rings. The molecule has 0 aliphatic carbocycles. The predicted molar refractivity (Wildman–Crippen MR) is 113 cm³/mol. The van der Waals surface area contributed by atoms with Crippen LogP contribution in [0.1, 0.15) is 25.0 Å². The number of ether oxygens (including phenoxy) is 4. The van der Waals surface area contributed by atoms with Crippen LogP contribution in [0, 0.1) is 5.82 Å². The van der Waals surface area contributed by atoms with Crippen molar-refractivity contribution in [2.45, 2.75) is 36.2 Å². The van der Waals surface area contributed by atoms with Crippen molar-refractivity contribution in [2.75, 3.05) is 20.8 Å². The summed E-state index contributed by atoms with van der Waals surface area (Å²) >= 11 is 1.59. The van der Waals surface area contributed by atoms with Crippen LogP contribution in [0.3, 0.4) is 0 Å². The fourth-order valence-electron chi connectivity index (χ4n) is 3.27. The van der Waals surface area contributed by atoms with E-state index in [4.69, 9.17) is 18.9 Å². The van der Waals surface area contributed by atoms with E-state index in [1.165, 1.54) is 14.2 Å². The maximum atomic E-state index is 14.9. The van der Waals surface area contributed by atoms with Gasteiger partial charge in [-0.2, -0.15) is 0 Å². The Morgan fingerprint density at radius 1 is 1.13 bits per heavy atom. The van der Waals surface area contributed by atoms with Gasteiger partial charge in [0.25, 0.3) is 11.8 Å². The Morgan fingerprint density at radius 2 is 2.00 bits per heavy atom. The highest BCUT2D eigenvalue weighted by Crippen LogP contribution is 2.32. The molecule has 1 aliphatic heterocycles. The molecule has 0 amide bonds. The Kier molecular flexibility index (Phi) is 6.54. The summed E-state index contributed by atoms with van der Waals surface area (Å²) in [4.78, 5) is 9.61. The third-order valence-corrected chi connectivity index (χ3v) is 5.85. The Labute approximate surface area is 178 Å². The van der Waals surface area contributed by atoms with Gasteiger partial charge in [-0.25, -0.2) is 14.4 Å². The van der Waals surface area contributed by atoms with Crippen LogP contribution in [0.25, 0.3) is 10.8 Å². The van der Waals surface area contributed by atoms with Crippen LogP contribution in [0.5, 0.6) is 17.5 Å². The first-order valence-corrected chi connectivity index (χ1v) is 10.7. The van der Waals surface area contributed by atoms with Crippen molar-refractivity contribution < 1.29 is 23.3 Å². The van der Waals surface area contributed by atoms with E-state index in [-0.39, 0.29) is 17.9 Å². The number of benzene rings is 2. The summed E-state index contributed by atoms with van der Waals surface area (Å²) in [6, 6.07) is 9.17. The van der Waals surface area contributed by atoms with Gasteiger partial charge in [-0.15, -0.1) is 11.8 Å². The van der Waals surface area contributed by atoms with Gasteiger partial charge in [0.15, 0.2) is 17.9 Å². The zero-order chi connectivity index (χ0) is 20.9. The molecule has 6 nitrogen and oxygen atoms in total. The van der Waals surface area contributed by atoms with Crippen molar-refractivity contribution in [1.82, 2.24) is 9.97 Å². The Bertz CT molecular complexity index is 1030. The van der Waals surface area contributed by atoms with Crippen molar-refractivity contribution >= 4 is 22.5 Å². The lowest BCUT2D eigenvalue weighted by molar-refractivity contribution is -0.107. The molecule has 2 heterocycles. The normalized spacial score (nSPS) is 16.4. The van der Waals surface area contributed by atoms with Crippen LogP contribution >= 0.6 is 11.8 Å². The third-order valence-electron chi connectivity index (χ3n) is 4.82. The molecule has 30 heavy (non-hydrogen) atoms. The highest BCUT2D eigenvalue weighted by Gasteiger charge is 2.18. The summed E-state index contributed by atoms with van der Waals surface area (Å²) in [5.74, 6) is 1.18. The zero-order valence-electron chi connectivity index (χ0n) is 16.9. The lowest BCUT2D eigenvalue weighted by Gasteiger charge is -2.23. The molecule has 0 N–H and O–H groups in total. The van der Waals surface area contributed by atoms with Crippen molar-refractivity contribution in [3.63, 3.8) is 0 Å². The van der Waals surface area contributed by atoms with E-state index < -0.39 is 0 Å². The van der Waals surface area contributed by atoms with E-state index >= 15 is 0 Å². The minimum absolute atomic E-state index is 0.232. The van der Waals surface area contributed by atoms with Gasteiger partial charge in [0.05, 0.1) is 32.7 Å². The molecule has 0 radical (unpaired) electrons. The largest absolute Gasteiger partial charge is 0.477 e. The van der Waals surface area contributed by atoms with Crippen LogP contribution in [0.2, 0.25) is 0 Å². The molecule has 0 saturated carbocycles. The van der Waals surface area contributed by atoms with E-state index in [2.05, 4.69) is 9.97 Å². The molecule has 4 rings (SSSR count). The van der Waals surface area contributed by atoms with Crippen molar-refractivity contribution in [3.8, 4) is 17.5 Å². The molecule has 1 saturated heterocycles. The highest BCUT2D eigenvalue weighted by atomic mass is 32.2. The van der Waals surface area contributed by atoms with E-state index in [1.807, 2.05) is 18.2 Å². The quantitative estimate of drug-likeness (QED) is 0.490. The zero-order valence-corrected chi connectivity index (χ0v) is 17.7. The summed E-state index contributed by atoms with van der Waals surface area (Å²) in [7, 11) is 3.05. The second-order valence-corrected chi connectivity index (χ2v) is 7.89. The first kappa shape index (κ1) is 20.7. The fraction of sp³-hybridized carbons (Fsp3) is 0.364. The molecule has 0 spiro atoms. The second-order valence-electron chi connectivity index (χ2n) is 6.84. The van der Waals surface area contributed by atoms with Crippen molar-refractivity contribution in [1.29, 1.82) is 0 Å². The summed E-state index contributed by atoms with van der Waals surface area (Å²) in [5.41, 5.74) is 0.764. The summed E-state index contributed by atoms with van der Waals surface area (Å²) in [6.45, 7) is 0.658. The maximum Gasteiger partial charge on any atom is 0.278 e. The molecule has 158 valence electrons. The van der Waals surface area contributed by atoms with Gasteiger partial charge in [0.2, 0.25) is 0 Å². The van der Waals surface area contributed by atoms with E-state index in [0.717, 1.165) is 35.2 Å². The fourth-order valence-corrected chi connectivity index (χ4v) is 4.10. The van der Waals surface area contributed by atoms with E-state index in [1.54, 1.807) is 30.1 Å². The van der Waals surface area contributed by atoms with Gasteiger partial charge in [-0.1, -0.05) is 12.1 Å². The SMILES string of the molecule is COc1ncc(CSc2ccc3c(F)c(OC4CCCCO4)ccc3c2)nc1OC. The number of rotatable bonds is 7. The number of halogens is 1. The Hall–Kier alpha value is -2.58. The Morgan fingerprint density at radius 3 is 2.77 bits per heavy atom. The number of thioether (sulfide) groups is 1. The van der Waals surface area contributed by atoms with Crippen LogP contribution in [-0.4, -0.2) is 37.1 Å². The number of fused-ring (bicyclic) bond motifs is 1. The standard InChI is InChI=1S/C22H23FN2O4S/c1-26-21-22(27-2)25-15(12-24-21)13-30-16-7-8-17-14(11-16)6-9-18(20(17)23)29-19-5-3-4-10-28-19/h6-9,11-12,19H,3-5,10,13H2,1-2H3. The topological polar surface area (TPSA) is 62.7 Å². The summed E-state index contributed by atoms with van der Waals surface area (Å²) in [5, 5.41) is 1.34. The van der Waals surface area contributed by atoms with E-state index in [9.17, 15) is 4.39 Å². The monoisotopic (exact) mass is 430 g/mol. The average Bonchev–Trinajstić information content (AvgIpc) is 2.80. The van der Waals surface area contributed by atoms with Crippen LogP contribution in [0.15, 0.2) is 41.4 Å². The van der Waals surface area contributed by atoms with Gasteiger partial charge < -0.3 is 18.9 Å². The Balaban J connectivity index is 1.47. The maximum absolute atomic E-state index is 14.9. The van der Waals surface area contributed by atoms with Crippen LogP contribution in [0.4, 0.5) is 4.39 Å². The molecule has 8 heteroatoms. The van der Waals surface area contributed by atoms with Gasteiger partial charge in [-0.05, 0) is 36.4 Å². The lowest BCUT2D eigenvalue weighted by Crippen LogP contribution is -2.25. The minimum atomic E-state index is -0.372. The van der Waals surface area contributed by atoms with Crippen molar-refractivity contribution in [3.05, 3.63) is 48.0 Å². The van der Waals surface area contributed by atoms with Crippen LogP contribution in [-0.2, 0) is 10.5 Å². The number of aromatic nitrogens is 2. The summed E-state index contributed by atoms with van der Waals surface area (Å²) in [6.07, 6.45) is 4.13. The number of hydrogen-bond donors (Lipinski definition) is 0. The molecule has 2 aromatic carbocycles. The average molecular weight is 431 g/mol. The predicted octanol–water partition coefficient (Wildman–Crippen LogP) is 4.98. The second kappa shape index (κ2) is 9.49. The lowest BCUT2D eigenvalue weighted by atomic mass is 10.1. The first-order valence-electron chi connectivity index (χ1n) is 9.75. The van der Waals surface area contributed by atoms with Gasteiger partial charge in [0.1, 0.15) is 0 Å². The van der Waals surface area contributed by atoms with Crippen LogP contribution < -0.4 is 14.2 Å². The molecule has 1 aromatic heterocycles. The molecule has 0 bridgehead atoms. The molecular formula is C22H23FN2O4S. The number of methoxy groups -OCH3 is 2. The molecular weight excluding hydrogens is 407 g/mol. The molecule has 1 unspecified atom stereocenters. The van der Waals surface area contributed by atoms with Gasteiger partial charge in [0, 0.05) is 22.5 Å². The number of nitrogens with zero attached hydrogens (tertiary/aromatic N) is 2. The van der Waals surface area contributed by atoms with Gasteiger partial charge in [-0.3, -0.25) is 0 Å². The van der Waals surface area contributed by atoms with E-state index in [0.29, 0.717) is 29.5 Å². The third kappa shape index (κ3) is 4.60. The van der Waals surface area contributed by atoms with Crippen molar-refractivity contribution in [2.24, 2.45) is 0 Å². The molecule has 1 aliphatic rings. The van der Waals surface area contributed by atoms with Gasteiger partial charge >= 0.3 is 0 Å². The number of hydrogen-bond acceptors (Lipinski definition) is 7. The highest BCUT2D eigenvalue weighted by molar-refractivity contribution is 7.98. The molecule has 3 aromatic rings. The molecule has 1 atom stereocenters. The first-order chi connectivity index (χ1) is 14.7. The smallest absolute Gasteiger partial charge is 0.278 e. The summed E-state index contributed by atoms with van der Waals surface area (Å²) < 4.78 is 36.5. The minimum Gasteiger partial charge on any atom is -0.477 e.